The summed E-state index contributed by atoms with van der Waals surface area (Å²) in [6.45, 7) is 0. The summed E-state index contributed by atoms with van der Waals surface area (Å²) >= 11 is 1.31. The van der Waals surface area contributed by atoms with Crippen LogP contribution in [0.2, 0.25) is 0 Å². The lowest BCUT2D eigenvalue weighted by Gasteiger charge is -2.14. The lowest BCUT2D eigenvalue weighted by molar-refractivity contribution is -0.141. The van der Waals surface area contributed by atoms with E-state index in [4.69, 9.17) is 15.6 Å². The van der Waals surface area contributed by atoms with Gasteiger partial charge in [0.1, 0.15) is 12.1 Å². The van der Waals surface area contributed by atoms with Crippen molar-refractivity contribution in [3.8, 4) is 11.5 Å². The number of phenolic OH excluding ortho intramolecular Hbond substituents is 1. The molecule has 0 saturated heterocycles. The number of hydrogen-bond donors (Lipinski definition) is 5. The first-order valence-corrected chi connectivity index (χ1v) is 9.52. The number of nitrogens with two attached hydrogens (primary N) is 1. The van der Waals surface area contributed by atoms with Gasteiger partial charge in [-0.3, -0.25) is 9.59 Å². The molecule has 0 aliphatic carbocycles. The van der Waals surface area contributed by atoms with Crippen LogP contribution in [-0.2, 0) is 14.4 Å². The number of phenols is 1. The highest BCUT2D eigenvalue weighted by atomic mass is 32.2. The van der Waals surface area contributed by atoms with Gasteiger partial charge in [0.25, 0.3) is 0 Å². The minimum atomic E-state index is -1.21. The monoisotopic (exact) mass is 412 g/mol. The Morgan fingerprint density at radius 1 is 1.29 bits per heavy atom. The van der Waals surface area contributed by atoms with Crippen LogP contribution in [0.4, 0.5) is 0 Å². The van der Waals surface area contributed by atoms with Crippen LogP contribution in [0.3, 0.4) is 0 Å². The second-order valence-corrected chi connectivity index (χ2v) is 6.89. The number of aliphatic carboxylic acids is 2. The molecule has 0 aliphatic heterocycles. The van der Waals surface area contributed by atoms with Crippen molar-refractivity contribution >= 4 is 35.7 Å². The standard InChI is InChI=1S/C18H24N2O7S/c1-27-15-9-11(4-6-14(15)21)3-2-8-28-10-13(18(25)26)20-16(22)7-5-12(19)17(23)24/h2-4,6,9,12-13,21H,5,7-8,10,19H2,1H3,(H,20,22)(H,23,24)(H,25,26)/b3-2+/t12?,13-/m0/s1. The number of thioether (sulfide) groups is 1. The van der Waals surface area contributed by atoms with Crippen LogP contribution in [0.1, 0.15) is 18.4 Å². The van der Waals surface area contributed by atoms with E-state index in [0.717, 1.165) is 5.56 Å². The fourth-order valence-corrected chi connectivity index (χ4v) is 2.92. The molecule has 0 bridgehead atoms. The molecule has 28 heavy (non-hydrogen) atoms. The smallest absolute Gasteiger partial charge is 0.327 e. The van der Waals surface area contributed by atoms with E-state index in [-0.39, 0.29) is 24.3 Å². The third kappa shape index (κ3) is 8.31. The molecule has 9 nitrogen and oxygen atoms in total. The van der Waals surface area contributed by atoms with Gasteiger partial charge in [-0.05, 0) is 24.1 Å². The summed E-state index contributed by atoms with van der Waals surface area (Å²) in [6, 6.07) is 2.64. The summed E-state index contributed by atoms with van der Waals surface area (Å²) in [7, 11) is 1.45. The van der Waals surface area contributed by atoms with Gasteiger partial charge >= 0.3 is 11.9 Å². The maximum Gasteiger partial charge on any atom is 0.327 e. The van der Waals surface area contributed by atoms with Gasteiger partial charge in [0.2, 0.25) is 5.91 Å². The molecular weight excluding hydrogens is 388 g/mol. The fraction of sp³-hybridized carbons (Fsp3) is 0.389. The molecular formula is C18H24N2O7S. The first kappa shape index (κ1) is 23.3. The molecule has 2 atom stereocenters. The molecule has 0 radical (unpaired) electrons. The average molecular weight is 412 g/mol. The number of aromatic hydroxyl groups is 1. The number of methoxy groups -OCH3 is 1. The summed E-state index contributed by atoms with van der Waals surface area (Å²) in [4.78, 5) is 33.7. The van der Waals surface area contributed by atoms with E-state index < -0.39 is 29.9 Å². The van der Waals surface area contributed by atoms with E-state index in [9.17, 15) is 24.6 Å². The van der Waals surface area contributed by atoms with Gasteiger partial charge in [0.05, 0.1) is 7.11 Å². The SMILES string of the molecule is COc1cc(/C=C/CSC[C@H](NC(=O)CCC(N)C(=O)O)C(=O)O)ccc1O. The maximum atomic E-state index is 11.8. The van der Waals surface area contributed by atoms with Crippen LogP contribution in [0.15, 0.2) is 24.3 Å². The summed E-state index contributed by atoms with van der Waals surface area (Å²) in [6.07, 6.45) is 3.39. The molecule has 154 valence electrons. The molecule has 1 unspecified atom stereocenters. The molecule has 6 N–H and O–H groups in total. The summed E-state index contributed by atoms with van der Waals surface area (Å²) in [5, 5.41) is 29.8. The number of carboxylic acid groups (broad SMARTS) is 2. The lowest BCUT2D eigenvalue weighted by atomic mass is 10.1. The summed E-state index contributed by atoms with van der Waals surface area (Å²) in [5.74, 6) is -1.89. The second-order valence-electron chi connectivity index (χ2n) is 5.81. The number of carbonyl (C=O) groups is 3. The Balaban J connectivity index is 2.43. The van der Waals surface area contributed by atoms with Gasteiger partial charge in [-0.2, -0.15) is 11.8 Å². The Bertz CT molecular complexity index is 724. The Morgan fingerprint density at radius 2 is 2.00 bits per heavy atom. The highest BCUT2D eigenvalue weighted by molar-refractivity contribution is 7.99. The minimum absolute atomic E-state index is 0.0402. The molecule has 10 heteroatoms. The van der Waals surface area contributed by atoms with Crippen LogP contribution < -0.4 is 15.8 Å². The Kier molecular flexibility index (Phi) is 9.89. The quantitative estimate of drug-likeness (QED) is 0.314. The van der Waals surface area contributed by atoms with E-state index >= 15 is 0 Å². The van der Waals surface area contributed by atoms with E-state index in [1.165, 1.54) is 24.9 Å². The van der Waals surface area contributed by atoms with Crippen molar-refractivity contribution in [2.45, 2.75) is 24.9 Å². The zero-order chi connectivity index (χ0) is 21.1. The number of carboxylic acids is 2. The third-order valence-electron chi connectivity index (χ3n) is 3.65. The molecule has 0 aromatic heterocycles. The van der Waals surface area contributed by atoms with Crippen molar-refractivity contribution in [2.24, 2.45) is 5.73 Å². The summed E-state index contributed by atoms with van der Waals surface area (Å²) in [5.41, 5.74) is 6.13. The van der Waals surface area contributed by atoms with Gasteiger partial charge in [-0.1, -0.05) is 18.2 Å². The van der Waals surface area contributed by atoms with Crippen molar-refractivity contribution < 1.29 is 34.4 Å². The topological polar surface area (TPSA) is 159 Å². The number of amides is 1. The third-order valence-corrected chi connectivity index (χ3v) is 4.64. The Morgan fingerprint density at radius 3 is 2.61 bits per heavy atom. The highest BCUT2D eigenvalue weighted by Crippen LogP contribution is 2.26. The number of rotatable bonds is 12. The largest absolute Gasteiger partial charge is 0.504 e. The number of ether oxygens (including phenoxy) is 1. The minimum Gasteiger partial charge on any atom is -0.504 e. The number of hydrogen-bond acceptors (Lipinski definition) is 7. The maximum absolute atomic E-state index is 11.8. The van der Waals surface area contributed by atoms with E-state index in [1.807, 2.05) is 6.08 Å². The van der Waals surface area contributed by atoms with Crippen molar-refractivity contribution in [3.63, 3.8) is 0 Å². The molecule has 0 spiro atoms. The van der Waals surface area contributed by atoms with Crippen molar-refractivity contribution in [3.05, 3.63) is 29.8 Å². The molecule has 0 heterocycles. The van der Waals surface area contributed by atoms with Crippen LogP contribution in [0.5, 0.6) is 11.5 Å². The number of carbonyl (C=O) groups excluding carboxylic acids is 1. The molecule has 1 rings (SSSR count). The molecule has 1 aromatic rings. The summed E-state index contributed by atoms with van der Waals surface area (Å²) < 4.78 is 5.02. The van der Waals surface area contributed by atoms with E-state index in [1.54, 1.807) is 18.2 Å². The fourth-order valence-electron chi connectivity index (χ4n) is 2.09. The van der Waals surface area contributed by atoms with Crippen LogP contribution >= 0.6 is 11.8 Å². The highest BCUT2D eigenvalue weighted by Gasteiger charge is 2.21. The molecule has 0 saturated carbocycles. The Hall–Kier alpha value is -2.72. The molecule has 1 amide bonds. The van der Waals surface area contributed by atoms with Gasteiger partial charge in [-0.15, -0.1) is 0 Å². The van der Waals surface area contributed by atoms with Gasteiger partial charge in [0, 0.05) is 17.9 Å². The van der Waals surface area contributed by atoms with Gasteiger partial charge in [0.15, 0.2) is 11.5 Å². The zero-order valence-corrected chi connectivity index (χ0v) is 16.1. The first-order chi connectivity index (χ1) is 13.2. The first-order valence-electron chi connectivity index (χ1n) is 8.36. The van der Waals surface area contributed by atoms with Crippen molar-refractivity contribution in [1.29, 1.82) is 0 Å². The van der Waals surface area contributed by atoms with Crippen molar-refractivity contribution in [1.82, 2.24) is 5.32 Å². The van der Waals surface area contributed by atoms with E-state index in [0.29, 0.717) is 11.5 Å². The second kappa shape index (κ2) is 11.9. The average Bonchev–Trinajstić information content (AvgIpc) is 2.65. The zero-order valence-electron chi connectivity index (χ0n) is 15.3. The number of nitrogens with one attached hydrogen (secondary N) is 1. The molecule has 0 fully saturated rings. The normalized spacial score (nSPS) is 13.1. The molecule has 0 aliphatic rings. The molecule has 1 aromatic carbocycles. The van der Waals surface area contributed by atoms with Crippen LogP contribution in [-0.4, -0.2) is 63.9 Å². The number of benzene rings is 1. The van der Waals surface area contributed by atoms with Crippen LogP contribution in [0, 0.1) is 0 Å². The Labute approximate surface area is 166 Å². The van der Waals surface area contributed by atoms with Gasteiger partial charge < -0.3 is 31.1 Å². The van der Waals surface area contributed by atoms with Gasteiger partial charge in [-0.25, -0.2) is 4.79 Å². The lowest BCUT2D eigenvalue weighted by Crippen LogP contribution is -2.43. The predicted molar refractivity (Wildman–Crippen MR) is 105 cm³/mol. The van der Waals surface area contributed by atoms with Crippen molar-refractivity contribution in [2.75, 3.05) is 18.6 Å². The van der Waals surface area contributed by atoms with E-state index in [2.05, 4.69) is 5.32 Å². The van der Waals surface area contributed by atoms with Crippen LogP contribution in [0.25, 0.3) is 6.08 Å². The predicted octanol–water partition coefficient (Wildman–Crippen LogP) is 0.909.